The Bertz CT molecular complexity index is 1210. The van der Waals surface area contributed by atoms with E-state index in [4.69, 9.17) is 4.74 Å². The number of nitrogens with one attached hydrogen (secondary N) is 1. The lowest BCUT2D eigenvalue weighted by molar-refractivity contribution is -0.121. The van der Waals surface area contributed by atoms with Gasteiger partial charge in [0.2, 0.25) is 5.91 Å². The number of halogens is 1. The molecule has 0 radical (unpaired) electrons. The highest BCUT2D eigenvalue weighted by atomic mass is 19.1. The van der Waals surface area contributed by atoms with E-state index in [0.29, 0.717) is 13.2 Å². The minimum atomic E-state index is -0.288. The highest BCUT2D eigenvalue weighted by molar-refractivity contribution is 5.86. The lowest BCUT2D eigenvalue weighted by Crippen LogP contribution is -2.28. The predicted molar refractivity (Wildman–Crippen MR) is 130 cm³/mol. The Morgan fingerprint density at radius 1 is 1.03 bits per heavy atom. The van der Waals surface area contributed by atoms with E-state index in [1.54, 1.807) is 19.2 Å². The van der Waals surface area contributed by atoms with Gasteiger partial charge in [-0.05, 0) is 41.8 Å². The van der Waals surface area contributed by atoms with Crippen LogP contribution in [0.15, 0.2) is 79.0 Å². The molecule has 4 nitrogen and oxygen atoms in total. The van der Waals surface area contributed by atoms with E-state index < -0.39 is 0 Å². The number of fused-ring (bicyclic) bond motifs is 1. The average Bonchev–Trinajstić information content (AvgIpc) is 3.18. The van der Waals surface area contributed by atoms with E-state index in [9.17, 15) is 9.18 Å². The fraction of sp³-hybridized carbons (Fsp3) is 0.250. The van der Waals surface area contributed by atoms with Crippen molar-refractivity contribution in [2.45, 2.75) is 25.8 Å². The van der Waals surface area contributed by atoms with Crippen LogP contribution in [0, 0.1) is 12.7 Å². The van der Waals surface area contributed by atoms with Gasteiger partial charge in [-0.1, -0.05) is 60.2 Å². The zero-order valence-corrected chi connectivity index (χ0v) is 19.1. The summed E-state index contributed by atoms with van der Waals surface area (Å²) in [4.78, 5) is 12.8. The number of hydrogen-bond donors (Lipinski definition) is 1. The van der Waals surface area contributed by atoms with Crippen LogP contribution in [0.3, 0.4) is 0 Å². The minimum absolute atomic E-state index is 0.0586. The van der Waals surface area contributed by atoms with Crippen LogP contribution in [0.25, 0.3) is 10.9 Å². The molecule has 5 heteroatoms. The molecule has 3 aromatic carbocycles. The lowest BCUT2D eigenvalue weighted by atomic mass is 9.88. The van der Waals surface area contributed by atoms with Gasteiger partial charge in [-0.25, -0.2) is 4.39 Å². The molecule has 0 bridgehead atoms. The molecule has 0 saturated heterocycles. The topological polar surface area (TPSA) is 43.3 Å². The number of ether oxygens (including phenoxy) is 1. The minimum Gasteiger partial charge on any atom is -0.383 e. The molecule has 1 atom stereocenters. The summed E-state index contributed by atoms with van der Waals surface area (Å²) in [6.07, 6.45) is 2.41. The Labute approximate surface area is 194 Å². The monoisotopic (exact) mass is 444 g/mol. The van der Waals surface area contributed by atoms with Gasteiger partial charge in [0.15, 0.2) is 0 Å². The maximum absolute atomic E-state index is 13.7. The number of carbonyl (C=O) groups is 1. The molecular formula is C28H29FN2O2. The van der Waals surface area contributed by atoms with Crippen LogP contribution < -0.4 is 5.32 Å². The largest absolute Gasteiger partial charge is 0.383 e. The Morgan fingerprint density at radius 2 is 1.76 bits per heavy atom. The summed E-state index contributed by atoms with van der Waals surface area (Å²) in [5.41, 5.74) is 5.53. The van der Waals surface area contributed by atoms with Gasteiger partial charge >= 0.3 is 0 Å². The molecule has 1 aromatic heterocycles. The smallest absolute Gasteiger partial charge is 0.221 e. The fourth-order valence-electron chi connectivity index (χ4n) is 4.23. The number of aromatic nitrogens is 1. The number of rotatable bonds is 9. The van der Waals surface area contributed by atoms with Gasteiger partial charge in [0, 0.05) is 49.6 Å². The molecule has 33 heavy (non-hydrogen) atoms. The van der Waals surface area contributed by atoms with Gasteiger partial charge in [-0.2, -0.15) is 0 Å². The van der Waals surface area contributed by atoms with Crippen molar-refractivity contribution in [2.75, 3.05) is 20.3 Å². The molecule has 1 amide bonds. The number of carbonyl (C=O) groups excluding carboxylic acids is 1. The number of nitrogens with zero attached hydrogens (tertiary/aromatic N) is 1. The first kappa shape index (κ1) is 22.7. The molecule has 1 N–H and O–H groups in total. The maximum Gasteiger partial charge on any atom is 0.221 e. The molecule has 4 rings (SSSR count). The summed E-state index contributed by atoms with van der Waals surface area (Å²) < 4.78 is 20.9. The van der Waals surface area contributed by atoms with E-state index in [0.717, 1.165) is 28.6 Å². The number of methoxy groups -OCH3 is 1. The maximum atomic E-state index is 13.7. The molecule has 4 aromatic rings. The highest BCUT2D eigenvalue weighted by Crippen LogP contribution is 2.35. The van der Waals surface area contributed by atoms with Crippen molar-refractivity contribution in [1.29, 1.82) is 0 Å². The number of aryl methyl sites for hydroxylation is 1. The summed E-state index contributed by atoms with van der Waals surface area (Å²) >= 11 is 0. The van der Waals surface area contributed by atoms with Crippen molar-refractivity contribution in [3.63, 3.8) is 0 Å². The Balaban J connectivity index is 1.73. The molecular weight excluding hydrogens is 415 g/mol. The van der Waals surface area contributed by atoms with Gasteiger partial charge in [-0.3, -0.25) is 4.79 Å². The van der Waals surface area contributed by atoms with Crippen LogP contribution in [0.1, 0.15) is 34.6 Å². The van der Waals surface area contributed by atoms with E-state index >= 15 is 0 Å². The standard InChI is InChI=1S/C28H29FN2O2/c1-20-7-9-21(10-8-20)18-31-19-26(24-5-3-4-6-27(24)31)25(17-28(32)30-15-16-33-2)22-11-13-23(29)14-12-22/h3-14,19,25H,15-18H2,1-2H3,(H,30,32)/t25-/m0/s1. The molecule has 1 heterocycles. The molecule has 0 aliphatic rings. The molecule has 0 fully saturated rings. The van der Waals surface area contributed by atoms with Crippen LogP contribution in [-0.2, 0) is 16.1 Å². The third kappa shape index (κ3) is 5.49. The second-order valence-electron chi connectivity index (χ2n) is 8.37. The second kappa shape index (κ2) is 10.5. The van der Waals surface area contributed by atoms with Crippen molar-refractivity contribution < 1.29 is 13.9 Å². The predicted octanol–water partition coefficient (Wildman–Crippen LogP) is 5.42. The summed E-state index contributed by atoms with van der Waals surface area (Å²) in [5, 5.41) is 4.02. The van der Waals surface area contributed by atoms with Gasteiger partial charge in [0.25, 0.3) is 0 Å². The molecule has 0 aliphatic heterocycles. The third-order valence-electron chi connectivity index (χ3n) is 5.96. The first-order chi connectivity index (χ1) is 16.0. The fourth-order valence-corrected chi connectivity index (χ4v) is 4.23. The van der Waals surface area contributed by atoms with Crippen LogP contribution in [-0.4, -0.2) is 30.7 Å². The quantitative estimate of drug-likeness (QED) is 0.350. The van der Waals surface area contributed by atoms with Gasteiger partial charge < -0.3 is 14.6 Å². The van der Waals surface area contributed by atoms with Crippen molar-refractivity contribution in [3.8, 4) is 0 Å². The van der Waals surface area contributed by atoms with Crippen LogP contribution in [0.4, 0.5) is 4.39 Å². The second-order valence-corrected chi connectivity index (χ2v) is 8.37. The van der Waals surface area contributed by atoms with E-state index in [2.05, 4.69) is 59.4 Å². The van der Waals surface area contributed by atoms with Gasteiger partial charge in [0.05, 0.1) is 6.61 Å². The van der Waals surface area contributed by atoms with Crippen molar-refractivity contribution in [2.24, 2.45) is 0 Å². The van der Waals surface area contributed by atoms with E-state index in [1.165, 1.54) is 23.3 Å². The molecule has 170 valence electrons. The SMILES string of the molecule is COCCNC(=O)C[C@@H](c1ccc(F)cc1)c1cn(Cc2ccc(C)cc2)c2ccccc12. The average molecular weight is 445 g/mol. The summed E-state index contributed by atoms with van der Waals surface area (Å²) in [7, 11) is 1.61. The van der Waals surface area contributed by atoms with E-state index in [-0.39, 0.29) is 24.1 Å². The first-order valence-corrected chi connectivity index (χ1v) is 11.2. The Kier molecular flexibility index (Phi) is 7.20. The molecule has 0 aliphatic carbocycles. The van der Waals surface area contributed by atoms with Crippen LogP contribution >= 0.6 is 0 Å². The van der Waals surface area contributed by atoms with E-state index in [1.807, 2.05) is 12.1 Å². The Hall–Kier alpha value is -3.44. The first-order valence-electron chi connectivity index (χ1n) is 11.2. The van der Waals surface area contributed by atoms with Crippen molar-refractivity contribution >= 4 is 16.8 Å². The number of benzene rings is 3. The van der Waals surface area contributed by atoms with Crippen molar-refractivity contribution in [3.05, 3.63) is 107 Å². The number of amides is 1. The Morgan fingerprint density at radius 3 is 2.48 bits per heavy atom. The third-order valence-corrected chi connectivity index (χ3v) is 5.96. The molecule has 0 saturated carbocycles. The van der Waals surface area contributed by atoms with Crippen LogP contribution in [0.2, 0.25) is 0 Å². The molecule has 0 spiro atoms. The highest BCUT2D eigenvalue weighted by Gasteiger charge is 2.23. The van der Waals surface area contributed by atoms with Crippen LogP contribution in [0.5, 0.6) is 0 Å². The lowest BCUT2D eigenvalue weighted by Gasteiger charge is -2.17. The summed E-state index contributed by atoms with van der Waals surface area (Å²) in [6, 6.07) is 23.2. The zero-order chi connectivity index (χ0) is 23.2. The summed E-state index contributed by atoms with van der Waals surface area (Å²) in [6.45, 7) is 3.73. The normalized spacial score (nSPS) is 12.1. The zero-order valence-electron chi connectivity index (χ0n) is 19.1. The number of para-hydroxylation sites is 1. The van der Waals surface area contributed by atoms with Gasteiger partial charge in [0.1, 0.15) is 5.82 Å². The molecule has 0 unspecified atom stereocenters. The van der Waals surface area contributed by atoms with Crippen molar-refractivity contribution in [1.82, 2.24) is 9.88 Å². The van der Waals surface area contributed by atoms with Gasteiger partial charge in [-0.15, -0.1) is 0 Å². The summed E-state index contributed by atoms with van der Waals surface area (Å²) in [5.74, 6) is -0.544. The number of hydrogen-bond acceptors (Lipinski definition) is 2.